The number of nitrogens with two attached hydrogens (primary N) is 1. The van der Waals surface area contributed by atoms with E-state index in [1.807, 2.05) is 18.2 Å². The summed E-state index contributed by atoms with van der Waals surface area (Å²) in [5.41, 5.74) is 7.57. The van der Waals surface area contributed by atoms with Crippen LogP contribution < -0.4 is 5.73 Å². The number of thioether (sulfide) groups is 1. The fourth-order valence-electron chi connectivity index (χ4n) is 3.81. The molecule has 2 N–H and O–H groups in total. The molecule has 28 heavy (non-hydrogen) atoms. The Morgan fingerprint density at radius 1 is 1.21 bits per heavy atom. The maximum atomic E-state index is 12.8. The number of para-hydroxylation sites is 2. The number of aryl methyl sites for hydroxylation is 1. The second-order valence-electron chi connectivity index (χ2n) is 7.39. The third kappa shape index (κ3) is 4.87. The zero-order valence-corrected chi connectivity index (χ0v) is 17.4. The van der Waals surface area contributed by atoms with Gasteiger partial charge in [0.05, 0.1) is 16.8 Å². The molecule has 2 aromatic rings. The van der Waals surface area contributed by atoms with Crippen LogP contribution in [0.2, 0.25) is 0 Å². The van der Waals surface area contributed by atoms with Crippen molar-refractivity contribution < 1.29 is 9.59 Å². The summed E-state index contributed by atoms with van der Waals surface area (Å²) >= 11 is 1.46. The van der Waals surface area contributed by atoms with Crippen LogP contribution in [0.25, 0.3) is 11.0 Å². The molecule has 0 bridgehead atoms. The first-order valence-electron chi connectivity index (χ1n) is 10.3. The Balaban J connectivity index is 1.70. The Labute approximate surface area is 170 Å². The molecule has 1 unspecified atom stereocenters. The van der Waals surface area contributed by atoms with Gasteiger partial charge in [0.25, 0.3) is 0 Å². The third-order valence-corrected chi connectivity index (χ3v) is 6.29. The van der Waals surface area contributed by atoms with Crippen LogP contribution in [0, 0.1) is 0 Å². The van der Waals surface area contributed by atoms with Crippen LogP contribution >= 0.6 is 11.8 Å². The summed E-state index contributed by atoms with van der Waals surface area (Å²) in [6.07, 6.45) is 7.27. The fraction of sp³-hybridized carbons (Fsp3) is 0.571. The highest BCUT2D eigenvalue weighted by Crippen LogP contribution is 2.26. The van der Waals surface area contributed by atoms with Crippen molar-refractivity contribution in [3.8, 4) is 0 Å². The number of rotatable bonds is 9. The van der Waals surface area contributed by atoms with Crippen molar-refractivity contribution in [2.75, 3.05) is 12.3 Å². The number of hydrogen-bond acceptors (Lipinski definition) is 4. The van der Waals surface area contributed by atoms with Gasteiger partial charge in [-0.05, 0) is 37.8 Å². The number of carbonyl (C=O) groups is 2. The Morgan fingerprint density at radius 3 is 2.82 bits per heavy atom. The summed E-state index contributed by atoms with van der Waals surface area (Å²) in [4.78, 5) is 30.9. The van der Waals surface area contributed by atoms with Gasteiger partial charge in [-0.25, -0.2) is 4.98 Å². The predicted molar refractivity (Wildman–Crippen MR) is 113 cm³/mol. The van der Waals surface area contributed by atoms with Gasteiger partial charge in [0.15, 0.2) is 5.16 Å². The molecule has 1 saturated heterocycles. The third-order valence-electron chi connectivity index (χ3n) is 5.33. The SMILES string of the molecule is CCCCCCn1c(SCC(=O)N2CCCCC2C(N)=O)nc2ccccc21. The van der Waals surface area contributed by atoms with Crippen LogP contribution in [0.5, 0.6) is 0 Å². The van der Waals surface area contributed by atoms with E-state index in [-0.39, 0.29) is 11.7 Å². The van der Waals surface area contributed by atoms with Crippen molar-refractivity contribution in [2.45, 2.75) is 69.6 Å². The first-order chi connectivity index (χ1) is 13.6. The highest BCUT2D eigenvalue weighted by molar-refractivity contribution is 7.99. The summed E-state index contributed by atoms with van der Waals surface area (Å²) in [6.45, 7) is 3.73. The van der Waals surface area contributed by atoms with Crippen molar-refractivity contribution >= 4 is 34.6 Å². The number of hydrogen-bond donors (Lipinski definition) is 1. The smallest absolute Gasteiger partial charge is 0.240 e. The highest BCUT2D eigenvalue weighted by atomic mass is 32.2. The van der Waals surface area contributed by atoms with E-state index in [0.717, 1.165) is 42.0 Å². The molecule has 1 fully saturated rings. The highest BCUT2D eigenvalue weighted by Gasteiger charge is 2.30. The number of nitrogens with zero attached hydrogens (tertiary/aromatic N) is 3. The van der Waals surface area contributed by atoms with E-state index < -0.39 is 11.9 Å². The lowest BCUT2D eigenvalue weighted by molar-refractivity contribution is -0.138. The topological polar surface area (TPSA) is 81.2 Å². The molecule has 152 valence electrons. The van der Waals surface area contributed by atoms with Crippen molar-refractivity contribution in [3.05, 3.63) is 24.3 Å². The quantitative estimate of drug-likeness (QED) is 0.513. The summed E-state index contributed by atoms with van der Waals surface area (Å²) in [6, 6.07) is 7.65. The number of carbonyl (C=O) groups excluding carboxylic acids is 2. The normalized spacial score (nSPS) is 17.2. The molecule has 0 radical (unpaired) electrons. The van der Waals surface area contributed by atoms with Gasteiger partial charge >= 0.3 is 0 Å². The minimum Gasteiger partial charge on any atom is -0.368 e. The van der Waals surface area contributed by atoms with E-state index >= 15 is 0 Å². The maximum absolute atomic E-state index is 12.8. The second-order valence-corrected chi connectivity index (χ2v) is 8.33. The van der Waals surface area contributed by atoms with E-state index in [4.69, 9.17) is 10.7 Å². The molecule has 2 amide bonds. The number of piperidine rings is 1. The first-order valence-corrected chi connectivity index (χ1v) is 11.3. The lowest BCUT2D eigenvalue weighted by Gasteiger charge is -2.33. The molecule has 7 heteroatoms. The standard InChI is InChI=1S/C21H30N4O2S/c1-2-3-4-8-14-25-17-11-6-5-10-16(17)23-21(25)28-15-19(26)24-13-9-7-12-18(24)20(22)27/h5-6,10-11,18H,2-4,7-9,12-15H2,1H3,(H2,22,27). The Bertz CT molecular complexity index is 820. The molecule has 0 aliphatic carbocycles. The van der Waals surface area contributed by atoms with Gasteiger partial charge in [-0.2, -0.15) is 0 Å². The van der Waals surface area contributed by atoms with Crippen molar-refractivity contribution in [1.29, 1.82) is 0 Å². The number of aromatic nitrogens is 2. The van der Waals surface area contributed by atoms with Gasteiger partial charge in [-0.1, -0.05) is 50.1 Å². The zero-order chi connectivity index (χ0) is 19.9. The molecular formula is C21H30N4O2S. The second kappa shape index (κ2) is 9.96. The molecule has 1 aromatic heterocycles. The molecule has 1 aromatic carbocycles. The predicted octanol–water partition coefficient (Wildman–Crippen LogP) is 3.58. The number of amides is 2. The molecular weight excluding hydrogens is 372 g/mol. The van der Waals surface area contributed by atoms with Gasteiger partial charge in [-0.15, -0.1) is 0 Å². The number of fused-ring (bicyclic) bond motifs is 1. The van der Waals surface area contributed by atoms with Crippen LogP contribution in [0.4, 0.5) is 0 Å². The fourth-order valence-corrected chi connectivity index (χ4v) is 4.74. The number of primary amides is 1. The van der Waals surface area contributed by atoms with Crippen LogP contribution in [0.3, 0.4) is 0 Å². The van der Waals surface area contributed by atoms with E-state index in [2.05, 4.69) is 17.6 Å². The summed E-state index contributed by atoms with van der Waals surface area (Å²) in [7, 11) is 0. The Kier molecular flexibility index (Phi) is 7.36. The Morgan fingerprint density at radius 2 is 2.04 bits per heavy atom. The molecule has 3 rings (SSSR count). The lowest BCUT2D eigenvalue weighted by Crippen LogP contribution is -2.51. The maximum Gasteiger partial charge on any atom is 0.240 e. The van der Waals surface area contributed by atoms with Crippen LogP contribution in [0.1, 0.15) is 51.9 Å². The van der Waals surface area contributed by atoms with Crippen LogP contribution in [-0.2, 0) is 16.1 Å². The summed E-state index contributed by atoms with van der Waals surface area (Å²) in [5.74, 6) is -0.151. The number of benzene rings is 1. The van der Waals surface area contributed by atoms with E-state index in [9.17, 15) is 9.59 Å². The van der Waals surface area contributed by atoms with Crippen molar-refractivity contribution in [1.82, 2.24) is 14.5 Å². The Hall–Kier alpha value is -2.02. The monoisotopic (exact) mass is 402 g/mol. The van der Waals surface area contributed by atoms with E-state index in [1.54, 1.807) is 4.90 Å². The largest absolute Gasteiger partial charge is 0.368 e. The molecule has 1 aliphatic heterocycles. The van der Waals surface area contributed by atoms with Gasteiger partial charge in [0.1, 0.15) is 6.04 Å². The van der Waals surface area contributed by atoms with Crippen LogP contribution in [0.15, 0.2) is 29.4 Å². The minimum absolute atomic E-state index is 0.0295. The number of unbranched alkanes of at least 4 members (excludes halogenated alkanes) is 3. The molecule has 2 heterocycles. The summed E-state index contributed by atoms with van der Waals surface area (Å²) in [5, 5.41) is 0.874. The lowest BCUT2D eigenvalue weighted by atomic mass is 10.0. The molecule has 0 saturated carbocycles. The minimum atomic E-state index is -0.463. The van der Waals surface area contributed by atoms with Crippen molar-refractivity contribution in [3.63, 3.8) is 0 Å². The molecule has 6 nitrogen and oxygen atoms in total. The van der Waals surface area contributed by atoms with Gasteiger partial charge in [0.2, 0.25) is 11.8 Å². The molecule has 1 atom stereocenters. The van der Waals surface area contributed by atoms with E-state index in [0.29, 0.717) is 13.0 Å². The van der Waals surface area contributed by atoms with Gasteiger partial charge < -0.3 is 15.2 Å². The first kappa shape index (κ1) is 20.7. The molecule has 0 spiro atoms. The zero-order valence-electron chi connectivity index (χ0n) is 16.6. The number of likely N-dealkylation sites (tertiary alicyclic amines) is 1. The van der Waals surface area contributed by atoms with Gasteiger partial charge in [0, 0.05) is 13.1 Å². The van der Waals surface area contributed by atoms with E-state index in [1.165, 1.54) is 31.0 Å². The summed E-state index contributed by atoms with van der Waals surface area (Å²) < 4.78 is 2.23. The average molecular weight is 403 g/mol. The van der Waals surface area contributed by atoms with Crippen molar-refractivity contribution in [2.24, 2.45) is 5.73 Å². The average Bonchev–Trinajstić information content (AvgIpc) is 3.07. The van der Waals surface area contributed by atoms with Crippen LogP contribution in [-0.4, -0.2) is 44.6 Å². The van der Waals surface area contributed by atoms with Gasteiger partial charge in [-0.3, -0.25) is 9.59 Å². The molecule has 1 aliphatic rings. The number of imidazole rings is 1.